The number of unbranched alkanes of at least 4 members (excludes halogenated alkanes) is 1. The third-order valence-electron chi connectivity index (χ3n) is 6.42. The highest BCUT2D eigenvalue weighted by atomic mass is 14.8. The van der Waals surface area contributed by atoms with Gasteiger partial charge in [-0.15, -0.1) is 0 Å². The molecule has 34 heavy (non-hydrogen) atoms. The first-order valence-corrected chi connectivity index (χ1v) is 14.0. The average Bonchev–Trinajstić information content (AvgIpc) is 2.84. The molecule has 0 amide bonds. The van der Waals surface area contributed by atoms with Gasteiger partial charge in [-0.2, -0.15) is 0 Å². The summed E-state index contributed by atoms with van der Waals surface area (Å²) >= 11 is 0. The minimum absolute atomic E-state index is 0.901. The largest absolute Gasteiger partial charge is 0.252 e. The predicted octanol–water partition coefficient (Wildman–Crippen LogP) is 9.94. The molecule has 2 heteroatoms. The lowest BCUT2D eigenvalue weighted by Gasteiger charge is -2.13. The van der Waals surface area contributed by atoms with Crippen LogP contribution in [-0.4, -0.2) is 11.4 Å². The lowest BCUT2D eigenvalue weighted by Crippen LogP contribution is -2.13. The maximum atomic E-state index is 5.20. The fourth-order valence-corrected chi connectivity index (χ4v) is 4.66. The molecule has 2 aromatic carbocycles. The Morgan fingerprint density at radius 3 is 1.38 bits per heavy atom. The highest BCUT2D eigenvalue weighted by Gasteiger charge is 2.11. The molecule has 0 spiro atoms. The molecule has 0 bridgehead atoms. The van der Waals surface area contributed by atoms with Crippen LogP contribution in [0.15, 0.2) is 46.4 Å². The Morgan fingerprint density at radius 2 is 0.971 bits per heavy atom. The van der Waals surface area contributed by atoms with Gasteiger partial charge in [-0.1, -0.05) is 85.8 Å². The van der Waals surface area contributed by atoms with Crippen LogP contribution in [0.5, 0.6) is 0 Å². The molecule has 0 heterocycles. The minimum atomic E-state index is 0.901. The number of hydrogen-bond acceptors (Lipinski definition) is 2. The van der Waals surface area contributed by atoms with E-state index in [1.165, 1.54) is 54.4 Å². The minimum Gasteiger partial charge on any atom is -0.252 e. The number of benzene rings is 2. The first-order chi connectivity index (χ1) is 16.6. The van der Waals surface area contributed by atoms with Crippen LogP contribution < -0.4 is 0 Å². The van der Waals surface area contributed by atoms with Gasteiger partial charge in [-0.25, -0.2) is 0 Å². The summed E-state index contributed by atoms with van der Waals surface area (Å²) in [6, 6.07) is 13.7. The molecule has 186 valence electrons. The molecule has 0 radical (unpaired) electrons. The molecule has 0 aliphatic rings. The van der Waals surface area contributed by atoms with Crippen LogP contribution >= 0.6 is 0 Å². The Bertz CT molecular complexity index is 936. The van der Waals surface area contributed by atoms with E-state index in [1.54, 1.807) is 0 Å². The third kappa shape index (κ3) is 8.53. The molecule has 0 aromatic heterocycles. The number of aliphatic imine (C=N–C) groups is 2. The molecule has 2 nitrogen and oxygen atoms in total. The van der Waals surface area contributed by atoms with Crippen molar-refractivity contribution in [3.63, 3.8) is 0 Å². The number of nitrogens with zero attached hydrogens (tertiary/aromatic N) is 2. The molecule has 0 fully saturated rings. The van der Waals surface area contributed by atoms with E-state index in [0.717, 1.165) is 67.7 Å². The molecule has 0 unspecified atom stereocenters. The maximum Gasteiger partial charge on any atom is 0.0636 e. The molecule has 0 aliphatic carbocycles. The van der Waals surface area contributed by atoms with Gasteiger partial charge in [0.05, 0.1) is 22.8 Å². The second kappa shape index (κ2) is 15.6. The SMILES string of the molecule is CCCCC(=Nc1ccc(CCC)c(CCC)c1)C(CC)=Nc1ccc(CCC)c(CCC)c1. The van der Waals surface area contributed by atoms with Crippen LogP contribution in [-0.2, 0) is 25.7 Å². The fraction of sp³-hybridized carbons (Fsp3) is 0.562. The zero-order chi connectivity index (χ0) is 24.8. The summed E-state index contributed by atoms with van der Waals surface area (Å²) in [6.45, 7) is 13.5. The van der Waals surface area contributed by atoms with Crippen molar-refractivity contribution >= 4 is 22.8 Å². The first-order valence-electron chi connectivity index (χ1n) is 14.0. The van der Waals surface area contributed by atoms with Crippen LogP contribution in [0.3, 0.4) is 0 Å². The second-order valence-corrected chi connectivity index (χ2v) is 9.48. The summed E-state index contributed by atoms with van der Waals surface area (Å²) in [5.41, 5.74) is 10.3. The Hall–Kier alpha value is -2.22. The van der Waals surface area contributed by atoms with E-state index in [0.29, 0.717) is 0 Å². The predicted molar refractivity (Wildman–Crippen MR) is 153 cm³/mol. The molecule has 2 aromatic rings. The standard InChI is InChI=1S/C32H48N2/c1-7-13-18-32(34-30-22-20-26(15-9-3)28(24-30)17-11-5)31(12-6)33-29-21-19-25(14-8-2)27(23-29)16-10-4/h19-24H,7-18H2,1-6H3. The Balaban J connectivity index is 2.47. The van der Waals surface area contributed by atoms with Crippen molar-refractivity contribution in [2.24, 2.45) is 9.98 Å². The zero-order valence-electron chi connectivity index (χ0n) is 22.8. The van der Waals surface area contributed by atoms with Crippen LogP contribution in [0, 0.1) is 0 Å². The summed E-state index contributed by atoms with van der Waals surface area (Å²) in [4.78, 5) is 10.4. The fourth-order valence-electron chi connectivity index (χ4n) is 4.66. The Labute approximate surface area is 210 Å². The number of rotatable bonds is 15. The Morgan fingerprint density at radius 1 is 0.529 bits per heavy atom. The van der Waals surface area contributed by atoms with Crippen LogP contribution in [0.2, 0.25) is 0 Å². The van der Waals surface area contributed by atoms with Crippen LogP contribution in [0.1, 0.15) is 115 Å². The van der Waals surface area contributed by atoms with E-state index in [2.05, 4.69) is 77.9 Å². The van der Waals surface area contributed by atoms with Crippen molar-refractivity contribution in [1.82, 2.24) is 0 Å². The summed E-state index contributed by atoms with van der Waals surface area (Å²) in [7, 11) is 0. The lowest BCUT2D eigenvalue weighted by molar-refractivity contribution is 0.837. The highest BCUT2D eigenvalue weighted by Crippen LogP contribution is 2.25. The number of hydrogen-bond donors (Lipinski definition) is 0. The first kappa shape index (κ1) is 28.0. The lowest BCUT2D eigenvalue weighted by atomic mass is 9.98. The van der Waals surface area contributed by atoms with E-state index in [1.807, 2.05) is 0 Å². The summed E-state index contributed by atoms with van der Waals surface area (Å²) in [5.74, 6) is 0. The van der Waals surface area contributed by atoms with Gasteiger partial charge in [0.2, 0.25) is 0 Å². The van der Waals surface area contributed by atoms with Crippen molar-refractivity contribution in [2.75, 3.05) is 0 Å². The zero-order valence-corrected chi connectivity index (χ0v) is 22.8. The quantitative estimate of drug-likeness (QED) is 0.236. The summed E-state index contributed by atoms with van der Waals surface area (Å²) < 4.78 is 0. The summed E-state index contributed by atoms with van der Waals surface area (Å²) in [5, 5.41) is 0. The van der Waals surface area contributed by atoms with Gasteiger partial charge in [0.1, 0.15) is 0 Å². The molecule has 0 saturated carbocycles. The molecule has 0 atom stereocenters. The molecule has 0 N–H and O–H groups in total. The van der Waals surface area contributed by atoms with Crippen LogP contribution in [0.25, 0.3) is 0 Å². The van der Waals surface area contributed by atoms with Gasteiger partial charge in [-0.05, 0) is 91.5 Å². The van der Waals surface area contributed by atoms with Gasteiger partial charge >= 0.3 is 0 Å². The maximum absolute atomic E-state index is 5.20. The van der Waals surface area contributed by atoms with E-state index in [4.69, 9.17) is 9.98 Å². The number of aryl methyl sites for hydroxylation is 4. The van der Waals surface area contributed by atoms with Crippen molar-refractivity contribution in [3.8, 4) is 0 Å². The van der Waals surface area contributed by atoms with Crippen molar-refractivity contribution in [2.45, 2.75) is 119 Å². The average molecular weight is 461 g/mol. The van der Waals surface area contributed by atoms with Gasteiger partial charge in [0, 0.05) is 0 Å². The van der Waals surface area contributed by atoms with Gasteiger partial charge < -0.3 is 0 Å². The molecule has 2 rings (SSSR count). The van der Waals surface area contributed by atoms with E-state index in [-0.39, 0.29) is 0 Å². The van der Waals surface area contributed by atoms with Gasteiger partial charge in [-0.3, -0.25) is 9.98 Å². The van der Waals surface area contributed by atoms with Crippen LogP contribution in [0.4, 0.5) is 11.4 Å². The second-order valence-electron chi connectivity index (χ2n) is 9.48. The smallest absolute Gasteiger partial charge is 0.0636 e. The van der Waals surface area contributed by atoms with Crippen molar-refractivity contribution < 1.29 is 0 Å². The molecule has 0 saturated heterocycles. The monoisotopic (exact) mass is 460 g/mol. The van der Waals surface area contributed by atoms with Gasteiger partial charge in [0.25, 0.3) is 0 Å². The normalized spacial score (nSPS) is 12.4. The van der Waals surface area contributed by atoms with Gasteiger partial charge in [0.15, 0.2) is 0 Å². The third-order valence-corrected chi connectivity index (χ3v) is 6.42. The molecular formula is C32H48N2. The van der Waals surface area contributed by atoms with E-state index in [9.17, 15) is 0 Å². The van der Waals surface area contributed by atoms with Crippen molar-refractivity contribution in [3.05, 3.63) is 58.7 Å². The molecule has 0 aliphatic heterocycles. The van der Waals surface area contributed by atoms with E-state index >= 15 is 0 Å². The van der Waals surface area contributed by atoms with E-state index < -0.39 is 0 Å². The molecular weight excluding hydrogens is 412 g/mol. The highest BCUT2D eigenvalue weighted by molar-refractivity contribution is 6.43. The van der Waals surface area contributed by atoms with Crippen molar-refractivity contribution in [1.29, 1.82) is 0 Å². The summed E-state index contributed by atoms with van der Waals surface area (Å²) in [6.07, 6.45) is 13.5. The Kier molecular flexibility index (Phi) is 12.9. The topological polar surface area (TPSA) is 24.7 Å².